The molecule has 110 valence electrons. The minimum Gasteiger partial charge on any atom is -0.497 e. The first kappa shape index (κ1) is 15.1. The van der Waals surface area contributed by atoms with Gasteiger partial charge >= 0.3 is 6.03 Å². The van der Waals surface area contributed by atoms with Crippen molar-refractivity contribution in [1.82, 2.24) is 5.32 Å². The number of ether oxygens (including phenoxy) is 1. The van der Waals surface area contributed by atoms with Crippen molar-refractivity contribution in [2.45, 2.75) is 6.54 Å². The van der Waals surface area contributed by atoms with Crippen LogP contribution in [0, 0.1) is 5.82 Å². The monoisotopic (exact) mass is 308 g/mol. The lowest BCUT2D eigenvalue weighted by atomic mass is 10.2. The maximum atomic E-state index is 13.6. The highest BCUT2D eigenvalue weighted by Gasteiger charge is 2.09. The highest BCUT2D eigenvalue weighted by molar-refractivity contribution is 6.31. The molecule has 0 spiro atoms. The van der Waals surface area contributed by atoms with E-state index in [1.807, 2.05) is 18.2 Å². The van der Waals surface area contributed by atoms with Crippen LogP contribution in [0.15, 0.2) is 42.5 Å². The molecule has 0 bridgehead atoms. The number of benzene rings is 2. The maximum absolute atomic E-state index is 13.6. The van der Waals surface area contributed by atoms with E-state index < -0.39 is 11.8 Å². The molecule has 0 heterocycles. The number of rotatable bonds is 4. The van der Waals surface area contributed by atoms with E-state index in [9.17, 15) is 9.18 Å². The molecule has 21 heavy (non-hydrogen) atoms. The Bertz CT molecular complexity index is 649. The van der Waals surface area contributed by atoms with Gasteiger partial charge in [0.15, 0.2) is 5.82 Å². The third-order valence-corrected chi connectivity index (χ3v) is 3.08. The molecule has 0 saturated carbocycles. The SMILES string of the molecule is COc1cccc(CNC(=O)Nc2cccc(Cl)c2F)c1. The molecule has 0 radical (unpaired) electrons. The summed E-state index contributed by atoms with van der Waals surface area (Å²) < 4.78 is 18.7. The first-order valence-corrected chi connectivity index (χ1v) is 6.59. The van der Waals surface area contributed by atoms with Crippen LogP contribution in [0.4, 0.5) is 14.9 Å². The minimum atomic E-state index is -0.657. The van der Waals surface area contributed by atoms with Crippen LogP contribution in [0.3, 0.4) is 0 Å². The van der Waals surface area contributed by atoms with E-state index in [2.05, 4.69) is 10.6 Å². The summed E-state index contributed by atoms with van der Waals surface area (Å²) in [6.45, 7) is 0.297. The molecular weight excluding hydrogens is 295 g/mol. The lowest BCUT2D eigenvalue weighted by Crippen LogP contribution is -2.28. The van der Waals surface area contributed by atoms with Crippen molar-refractivity contribution in [3.05, 3.63) is 58.9 Å². The molecule has 2 N–H and O–H groups in total. The fourth-order valence-electron chi connectivity index (χ4n) is 1.73. The summed E-state index contributed by atoms with van der Waals surface area (Å²) in [5.74, 6) is 0.0475. The average Bonchev–Trinajstić information content (AvgIpc) is 2.50. The maximum Gasteiger partial charge on any atom is 0.319 e. The number of hydrogen-bond donors (Lipinski definition) is 2. The normalized spacial score (nSPS) is 10.0. The number of nitrogens with one attached hydrogen (secondary N) is 2. The minimum absolute atomic E-state index is 0.0330. The third kappa shape index (κ3) is 4.10. The van der Waals surface area contributed by atoms with Crippen molar-refractivity contribution in [2.75, 3.05) is 12.4 Å². The Labute approximate surface area is 126 Å². The Morgan fingerprint density at radius 1 is 1.29 bits per heavy atom. The number of carbonyl (C=O) groups excluding carboxylic acids is 1. The summed E-state index contributed by atoms with van der Waals surface area (Å²) in [6.07, 6.45) is 0. The van der Waals surface area contributed by atoms with Crippen LogP contribution in [-0.2, 0) is 6.54 Å². The fraction of sp³-hybridized carbons (Fsp3) is 0.133. The Hall–Kier alpha value is -2.27. The third-order valence-electron chi connectivity index (χ3n) is 2.79. The summed E-state index contributed by atoms with van der Waals surface area (Å²) in [7, 11) is 1.57. The largest absolute Gasteiger partial charge is 0.497 e. The van der Waals surface area contributed by atoms with E-state index in [1.54, 1.807) is 19.2 Å². The predicted octanol–water partition coefficient (Wildman–Crippen LogP) is 3.81. The van der Waals surface area contributed by atoms with Gasteiger partial charge in [-0.15, -0.1) is 0 Å². The highest BCUT2D eigenvalue weighted by atomic mass is 35.5. The van der Waals surface area contributed by atoms with Gasteiger partial charge in [-0.05, 0) is 29.8 Å². The summed E-state index contributed by atoms with van der Waals surface area (Å²) in [5, 5.41) is 5.00. The molecule has 2 amide bonds. The van der Waals surface area contributed by atoms with E-state index in [0.29, 0.717) is 12.3 Å². The van der Waals surface area contributed by atoms with E-state index in [-0.39, 0.29) is 10.7 Å². The Morgan fingerprint density at radius 3 is 2.81 bits per heavy atom. The zero-order valence-corrected chi connectivity index (χ0v) is 12.1. The Balaban J connectivity index is 1.94. The van der Waals surface area contributed by atoms with Crippen molar-refractivity contribution in [2.24, 2.45) is 0 Å². The van der Waals surface area contributed by atoms with Crippen LogP contribution in [0.25, 0.3) is 0 Å². The van der Waals surface area contributed by atoms with Gasteiger partial charge in [-0.1, -0.05) is 29.8 Å². The number of anilines is 1. The van der Waals surface area contributed by atoms with Crippen molar-refractivity contribution >= 4 is 23.3 Å². The number of methoxy groups -OCH3 is 1. The van der Waals surface area contributed by atoms with Crippen LogP contribution in [0.5, 0.6) is 5.75 Å². The number of hydrogen-bond acceptors (Lipinski definition) is 2. The summed E-state index contributed by atoms with van der Waals surface area (Å²) in [6, 6.07) is 11.2. The molecular formula is C15H14ClFN2O2. The molecule has 6 heteroatoms. The zero-order chi connectivity index (χ0) is 15.2. The van der Waals surface area contributed by atoms with Gasteiger partial charge < -0.3 is 15.4 Å². The number of amides is 2. The van der Waals surface area contributed by atoms with Crippen LogP contribution >= 0.6 is 11.6 Å². The Morgan fingerprint density at radius 2 is 2.05 bits per heavy atom. The van der Waals surface area contributed by atoms with Gasteiger partial charge in [0.25, 0.3) is 0 Å². The van der Waals surface area contributed by atoms with Gasteiger partial charge in [-0.3, -0.25) is 0 Å². The Kier molecular flexibility index (Phi) is 5.00. The van der Waals surface area contributed by atoms with Crippen molar-refractivity contribution < 1.29 is 13.9 Å². The van der Waals surface area contributed by atoms with Crippen LogP contribution < -0.4 is 15.4 Å². The molecule has 2 aromatic rings. The second-order valence-electron chi connectivity index (χ2n) is 4.26. The molecule has 0 aliphatic rings. The second-order valence-corrected chi connectivity index (χ2v) is 4.67. The van der Waals surface area contributed by atoms with Gasteiger partial charge in [0.2, 0.25) is 0 Å². The van der Waals surface area contributed by atoms with Gasteiger partial charge in [0.05, 0.1) is 17.8 Å². The fourth-order valence-corrected chi connectivity index (χ4v) is 1.91. The standard InChI is InChI=1S/C15H14ClFN2O2/c1-21-11-5-2-4-10(8-11)9-18-15(20)19-13-7-3-6-12(16)14(13)17/h2-8H,9H2,1H3,(H2,18,19,20). The number of carbonyl (C=O) groups is 1. The molecule has 0 aliphatic heterocycles. The first-order valence-electron chi connectivity index (χ1n) is 6.22. The molecule has 0 atom stereocenters. The van der Waals surface area contributed by atoms with Gasteiger partial charge in [0, 0.05) is 6.54 Å². The summed E-state index contributed by atoms with van der Waals surface area (Å²) >= 11 is 5.64. The number of urea groups is 1. The van der Waals surface area contributed by atoms with E-state index >= 15 is 0 Å². The topological polar surface area (TPSA) is 50.4 Å². The lowest BCUT2D eigenvalue weighted by molar-refractivity contribution is 0.251. The van der Waals surface area contributed by atoms with E-state index in [0.717, 1.165) is 5.56 Å². The van der Waals surface area contributed by atoms with Crippen molar-refractivity contribution in [3.63, 3.8) is 0 Å². The van der Waals surface area contributed by atoms with E-state index in [4.69, 9.17) is 16.3 Å². The molecule has 0 unspecified atom stereocenters. The molecule has 2 aromatic carbocycles. The van der Waals surface area contributed by atoms with E-state index in [1.165, 1.54) is 12.1 Å². The molecule has 2 rings (SSSR count). The van der Waals surface area contributed by atoms with Crippen molar-refractivity contribution in [3.8, 4) is 5.75 Å². The highest BCUT2D eigenvalue weighted by Crippen LogP contribution is 2.21. The second kappa shape index (κ2) is 6.95. The zero-order valence-electron chi connectivity index (χ0n) is 11.3. The molecule has 0 fully saturated rings. The molecule has 0 aromatic heterocycles. The van der Waals surface area contributed by atoms with Gasteiger partial charge in [-0.2, -0.15) is 0 Å². The molecule has 0 saturated heterocycles. The van der Waals surface area contributed by atoms with Crippen LogP contribution in [0.1, 0.15) is 5.56 Å². The lowest BCUT2D eigenvalue weighted by Gasteiger charge is -2.09. The average molecular weight is 309 g/mol. The van der Waals surface area contributed by atoms with Crippen LogP contribution in [0.2, 0.25) is 5.02 Å². The van der Waals surface area contributed by atoms with Crippen molar-refractivity contribution in [1.29, 1.82) is 0 Å². The first-order chi connectivity index (χ1) is 10.1. The summed E-state index contributed by atoms with van der Waals surface area (Å²) in [4.78, 5) is 11.7. The predicted molar refractivity (Wildman–Crippen MR) is 80.3 cm³/mol. The van der Waals surface area contributed by atoms with Gasteiger partial charge in [0.1, 0.15) is 5.75 Å². The quantitative estimate of drug-likeness (QED) is 0.902. The smallest absolute Gasteiger partial charge is 0.319 e. The summed E-state index contributed by atoms with van der Waals surface area (Å²) in [5.41, 5.74) is 0.904. The molecule has 0 aliphatic carbocycles. The van der Waals surface area contributed by atoms with Crippen LogP contribution in [-0.4, -0.2) is 13.1 Å². The molecule has 4 nitrogen and oxygen atoms in total. The number of halogens is 2. The van der Waals surface area contributed by atoms with Gasteiger partial charge in [-0.25, -0.2) is 9.18 Å².